The van der Waals surface area contributed by atoms with E-state index in [4.69, 9.17) is 14.5 Å². The zero-order valence-corrected chi connectivity index (χ0v) is 25.1. The topological polar surface area (TPSA) is 76.8 Å². The fourth-order valence-corrected chi connectivity index (χ4v) is 5.81. The van der Waals surface area contributed by atoms with Gasteiger partial charge in [-0.25, -0.2) is 9.78 Å². The molecule has 5 aromatic rings. The minimum Gasteiger partial charge on any atom is -0.478 e. The summed E-state index contributed by atoms with van der Waals surface area (Å²) >= 11 is 0. The highest BCUT2D eigenvalue weighted by Crippen LogP contribution is 2.38. The van der Waals surface area contributed by atoms with Crippen LogP contribution in [0, 0.1) is 0 Å². The molecule has 0 radical (unpaired) electrons. The molecule has 7 nitrogen and oxygen atoms in total. The molecule has 0 saturated carbocycles. The van der Waals surface area contributed by atoms with E-state index in [0.29, 0.717) is 13.1 Å². The standard InChI is InChI=1S/C37H37N3O4/c1-3-4-21-40-35(34(29-11-7-5-8-12-29)38-36(40)30-13-9-6-10-14-30)26(2)39(23-27-15-18-31(19-16-27)37(41)42)24-28-17-20-32-33(22-28)44-25-43-32/h5-20,22,26H,3-4,21,23-25H2,1-2H3,(H,41,42). The van der Waals surface area contributed by atoms with Crippen LogP contribution in [-0.2, 0) is 19.6 Å². The molecular weight excluding hydrogens is 550 g/mol. The maximum Gasteiger partial charge on any atom is 0.335 e. The quantitative estimate of drug-likeness (QED) is 0.159. The SMILES string of the molecule is CCCCn1c(-c2ccccc2)nc(-c2ccccc2)c1C(C)N(Cc1ccc(C(=O)O)cc1)Cc1ccc2c(c1)OCO2. The van der Waals surface area contributed by atoms with Crippen molar-refractivity contribution in [2.24, 2.45) is 0 Å². The van der Waals surface area contributed by atoms with Gasteiger partial charge in [-0.1, -0.05) is 92.2 Å². The molecule has 1 atom stereocenters. The number of aromatic carboxylic acids is 1. The van der Waals surface area contributed by atoms with Crippen LogP contribution in [0.15, 0.2) is 103 Å². The lowest BCUT2D eigenvalue weighted by atomic mass is 10.0. The van der Waals surface area contributed by atoms with Gasteiger partial charge in [0, 0.05) is 30.8 Å². The first-order valence-electron chi connectivity index (χ1n) is 15.2. The highest BCUT2D eigenvalue weighted by atomic mass is 16.7. The minimum atomic E-state index is -0.928. The monoisotopic (exact) mass is 587 g/mol. The van der Waals surface area contributed by atoms with Crippen molar-refractivity contribution in [3.63, 3.8) is 0 Å². The van der Waals surface area contributed by atoms with Crippen molar-refractivity contribution >= 4 is 5.97 Å². The Bertz CT molecular complexity index is 1720. The van der Waals surface area contributed by atoms with Crippen LogP contribution in [0.3, 0.4) is 0 Å². The number of rotatable bonds is 12. The Morgan fingerprint density at radius 3 is 2.18 bits per heavy atom. The van der Waals surface area contributed by atoms with Crippen molar-refractivity contribution in [2.75, 3.05) is 6.79 Å². The van der Waals surface area contributed by atoms with Gasteiger partial charge in [0.1, 0.15) is 5.82 Å². The van der Waals surface area contributed by atoms with Gasteiger partial charge < -0.3 is 19.1 Å². The second kappa shape index (κ2) is 13.2. The molecule has 0 bridgehead atoms. The van der Waals surface area contributed by atoms with Gasteiger partial charge in [-0.15, -0.1) is 0 Å². The predicted molar refractivity (Wildman–Crippen MR) is 172 cm³/mol. The van der Waals surface area contributed by atoms with Crippen LogP contribution in [0.25, 0.3) is 22.6 Å². The lowest BCUT2D eigenvalue weighted by molar-refractivity contribution is 0.0697. The number of hydrogen-bond donors (Lipinski definition) is 1. The number of carboxylic acids is 1. The highest BCUT2D eigenvalue weighted by Gasteiger charge is 2.28. The largest absolute Gasteiger partial charge is 0.478 e. The molecule has 0 saturated heterocycles. The number of carbonyl (C=O) groups is 1. The summed E-state index contributed by atoms with van der Waals surface area (Å²) in [6.45, 7) is 6.81. The molecule has 0 fully saturated rings. The van der Waals surface area contributed by atoms with Crippen molar-refractivity contribution in [1.29, 1.82) is 0 Å². The van der Waals surface area contributed by atoms with Crippen molar-refractivity contribution in [3.8, 4) is 34.1 Å². The summed E-state index contributed by atoms with van der Waals surface area (Å²) in [6, 6.07) is 34.1. The van der Waals surface area contributed by atoms with Gasteiger partial charge in [0.25, 0.3) is 0 Å². The van der Waals surface area contributed by atoms with Gasteiger partial charge in [-0.05, 0) is 48.7 Å². The summed E-state index contributed by atoms with van der Waals surface area (Å²) in [4.78, 5) is 19.3. The third kappa shape index (κ3) is 6.24. The number of benzene rings is 4. The highest BCUT2D eigenvalue weighted by molar-refractivity contribution is 5.87. The Balaban J connectivity index is 1.47. The van der Waals surface area contributed by atoms with Crippen LogP contribution in [0.2, 0.25) is 0 Å². The van der Waals surface area contributed by atoms with E-state index in [-0.39, 0.29) is 18.4 Å². The zero-order chi connectivity index (χ0) is 30.5. The van der Waals surface area contributed by atoms with Gasteiger partial charge in [-0.2, -0.15) is 0 Å². The fourth-order valence-electron chi connectivity index (χ4n) is 5.81. The zero-order valence-electron chi connectivity index (χ0n) is 25.1. The van der Waals surface area contributed by atoms with Crippen molar-refractivity contribution in [3.05, 3.63) is 126 Å². The lowest BCUT2D eigenvalue weighted by Crippen LogP contribution is -2.28. The molecule has 1 aliphatic heterocycles. The smallest absolute Gasteiger partial charge is 0.335 e. The van der Waals surface area contributed by atoms with Gasteiger partial charge in [0.05, 0.1) is 23.0 Å². The Hall–Kier alpha value is -4.88. The molecule has 224 valence electrons. The van der Waals surface area contributed by atoms with E-state index in [1.807, 2.05) is 30.3 Å². The van der Waals surface area contributed by atoms with Crippen molar-refractivity contribution < 1.29 is 19.4 Å². The molecule has 4 aromatic carbocycles. The average Bonchev–Trinajstić information content (AvgIpc) is 3.69. The molecule has 44 heavy (non-hydrogen) atoms. The predicted octanol–water partition coefficient (Wildman–Crippen LogP) is 8.21. The van der Waals surface area contributed by atoms with Crippen molar-refractivity contribution in [2.45, 2.75) is 52.4 Å². The Labute approximate surface area is 258 Å². The number of nitrogens with zero attached hydrogens (tertiary/aromatic N) is 3. The van der Waals surface area contributed by atoms with Crippen LogP contribution >= 0.6 is 0 Å². The number of carboxylic acid groups (broad SMARTS) is 1. The van der Waals surface area contributed by atoms with Crippen LogP contribution in [0.5, 0.6) is 11.5 Å². The average molecular weight is 588 g/mol. The Kier molecular flexibility index (Phi) is 8.75. The second-order valence-corrected chi connectivity index (χ2v) is 11.2. The van der Waals surface area contributed by atoms with Gasteiger partial charge >= 0.3 is 5.97 Å². The third-order valence-corrected chi connectivity index (χ3v) is 8.17. The number of aromatic nitrogens is 2. The number of fused-ring (bicyclic) bond motifs is 1. The first-order valence-corrected chi connectivity index (χ1v) is 15.2. The Morgan fingerprint density at radius 1 is 0.864 bits per heavy atom. The Morgan fingerprint density at radius 2 is 1.50 bits per heavy atom. The number of imidazole rings is 1. The van der Waals surface area contributed by atoms with Crippen LogP contribution in [-0.4, -0.2) is 32.3 Å². The number of unbranched alkanes of at least 4 members (excludes halogenated alkanes) is 1. The van der Waals surface area contributed by atoms with E-state index in [0.717, 1.165) is 70.4 Å². The maximum atomic E-state index is 11.5. The van der Waals surface area contributed by atoms with E-state index < -0.39 is 5.97 Å². The number of ether oxygens (including phenoxy) is 2. The van der Waals surface area contributed by atoms with E-state index >= 15 is 0 Å². The lowest BCUT2D eigenvalue weighted by Gasteiger charge is -2.31. The molecule has 1 unspecified atom stereocenters. The van der Waals surface area contributed by atoms with E-state index in [1.54, 1.807) is 12.1 Å². The molecule has 7 heteroatoms. The van der Waals surface area contributed by atoms with Crippen LogP contribution < -0.4 is 9.47 Å². The molecule has 1 aromatic heterocycles. The fraction of sp³-hybridized carbons (Fsp3) is 0.243. The summed E-state index contributed by atoms with van der Waals surface area (Å²) in [5.41, 5.74) is 6.72. The van der Waals surface area contributed by atoms with Gasteiger partial charge in [0.15, 0.2) is 11.5 Å². The summed E-state index contributed by atoms with van der Waals surface area (Å²) in [7, 11) is 0. The molecule has 6 rings (SSSR count). The summed E-state index contributed by atoms with van der Waals surface area (Å²) in [6.07, 6.45) is 2.10. The number of hydrogen-bond acceptors (Lipinski definition) is 5. The van der Waals surface area contributed by atoms with Gasteiger partial charge in [0.2, 0.25) is 6.79 Å². The van der Waals surface area contributed by atoms with Crippen molar-refractivity contribution in [1.82, 2.24) is 14.5 Å². The first-order chi connectivity index (χ1) is 21.5. The first kappa shape index (κ1) is 29.2. The maximum absolute atomic E-state index is 11.5. The molecular formula is C37H37N3O4. The molecule has 2 heterocycles. The van der Waals surface area contributed by atoms with E-state index in [2.05, 4.69) is 84.0 Å². The van der Waals surface area contributed by atoms with E-state index in [9.17, 15) is 9.90 Å². The minimum absolute atomic E-state index is 0.0448. The van der Waals surface area contributed by atoms with Gasteiger partial charge in [-0.3, -0.25) is 4.90 Å². The molecule has 0 spiro atoms. The molecule has 0 amide bonds. The third-order valence-electron chi connectivity index (χ3n) is 8.17. The molecule has 1 N–H and O–H groups in total. The molecule has 0 aliphatic carbocycles. The van der Waals surface area contributed by atoms with Crippen LogP contribution in [0.1, 0.15) is 59.9 Å². The normalized spacial score (nSPS) is 12.9. The summed E-state index contributed by atoms with van der Waals surface area (Å²) in [5, 5.41) is 9.46. The second-order valence-electron chi connectivity index (χ2n) is 11.2. The molecule has 1 aliphatic rings. The van der Waals surface area contributed by atoms with Crippen LogP contribution in [0.4, 0.5) is 0 Å². The van der Waals surface area contributed by atoms with E-state index in [1.165, 1.54) is 0 Å². The summed E-state index contributed by atoms with van der Waals surface area (Å²) < 4.78 is 13.7. The summed E-state index contributed by atoms with van der Waals surface area (Å²) in [5.74, 6) is 1.55.